The van der Waals surface area contributed by atoms with Gasteiger partial charge in [-0.05, 0) is 59.9 Å². The number of aryl methyl sites for hydroxylation is 3. The summed E-state index contributed by atoms with van der Waals surface area (Å²) in [5, 5.41) is 1.32. The lowest BCUT2D eigenvalue weighted by molar-refractivity contribution is -0.227. The Morgan fingerprint density at radius 1 is 0.850 bits per heavy atom. The highest BCUT2D eigenvalue weighted by Gasteiger charge is 2.22. The van der Waals surface area contributed by atoms with Crippen molar-refractivity contribution < 1.29 is 36.5 Å². The Labute approximate surface area is 233 Å². The van der Waals surface area contributed by atoms with Crippen molar-refractivity contribution in [3.8, 4) is 5.75 Å². The molecule has 3 aromatic rings. The lowest BCUT2D eigenvalue weighted by Crippen LogP contribution is -2.37. The van der Waals surface area contributed by atoms with Crippen molar-refractivity contribution in [2.45, 2.75) is 83.7 Å². The van der Waals surface area contributed by atoms with Gasteiger partial charge < -0.3 is 18.9 Å². The zero-order valence-corrected chi connectivity index (χ0v) is 23.0. The number of hydrogen-bond donors (Lipinski definition) is 0. The molecule has 0 aliphatic carbocycles. The van der Waals surface area contributed by atoms with Crippen LogP contribution in [0.2, 0.25) is 0 Å². The van der Waals surface area contributed by atoms with Gasteiger partial charge in [-0.15, -0.1) is 0 Å². The average Bonchev–Trinajstić information content (AvgIpc) is 2.95. The number of unbranched alkanes of at least 4 members (excludes halogenated alkanes) is 4. The summed E-state index contributed by atoms with van der Waals surface area (Å²) < 4.78 is 75.6. The molecule has 1 aliphatic rings. The van der Waals surface area contributed by atoms with Gasteiger partial charge >= 0.3 is 6.61 Å². The van der Waals surface area contributed by atoms with Crippen LogP contribution in [-0.4, -0.2) is 38.8 Å². The maximum atomic E-state index is 15.2. The molecule has 0 saturated carbocycles. The van der Waals surface area contributed by atoms with E-state index in [2.05, 4.69) is 11.7 Å². The first kappa shape index (κ1) is 30.3. The van der Waals surface area contributed by atoms with Gasteiger partial charge in [0, 0.05) is 18.4 Å². The fraction of sp³-hybridized carbons (Fsp3) is 0.500. The molecule has 40 heavy (non-hydrogen) atoms. The molecule has 0 unspecified atom stereocenters. The third kappa shape index (κ3) is 8.91. The van der Waals surface area contributed by atoms with Crippen LogP contribution >= 0.6 is 0 Å². The minimum Gasteiger partial charge on any atom is -0.432 e. The Morgan fingerprint density at radius 3 is 2.35 bits per heavy atom. The summed E-state index contributed by atoms with van der Waals surface area (Å²) >= 11 is 0. The van der Waals surface area contributed by atoms with Crippen LogP contribution in [0.4, 0.5) is 17.6 Å². The highest BCUT2D eigenvalue weighted by Crippen LogP contribution is 2.26. The van der Waals surface area contributed by atoms with Gasteiger partial charge in [0.05, 0.1) is 13.2 Å². The van der Waals surface area contributed by atoms with Gasteiger partial charge in [0.25, 0.3) is 0 Å². The number of benzene rings is 3. The van der Waals surface area contributed by atoms with Crippen molar-refractivity contribution in [2.75, 3.05) is 19.8 Å². The largest absolute Gasteiger partial charge is 0.432 e. The molecule has 1 fully saturated rings. The van der Waals surface area contributed by atoms with Crippen molar-refractivity contribution in [3.63, 3.8) is 0 Å². The van der Waals surface area contributed by atoms with Crippen LogP contribution in [-0.2, 0) is 33.5 Å². The van der Waals surface area contributed by atoms with E-state index in [4.69, 9.17) is 14.2 Å². The molecule has 218 valence electrons. The lowest BCUT2D eigenvalue weighted by Gasteiger charge is -2.29. The predicted molar refractivity (Wildman–Crippen MR) is 147 cm³/mol. The predicted octanol–water partition coefficient (Wildman–Crippen LogP) is 8.17. The molecule has 4 nitrogen and oxygen atoms in total. The van der Waals surface area contributed by atoms with Crippen LogP contribution in [0.3, 0.4) is 0 Å². The summed E-state index contributed by atoms with van der Waals surface area (Å²) in [7, 11) is 0. The first-order chi connectivity index (χ1) is 19.4. The standard InChI is InChI=1S/C32H38F4O4/c1-2-3-4-5-6-17-37-26-20-38-30(39-21-26)16-10-22-8-14-27-25(18-22)13-12-24(31(27)34)11-7-23-9-15-29(28(33)19-23)40-32(35)36/h8-9,12-15,18-19,26,30,32H,2-7,10-11,16-17,20-21H2,1H3. The zero-order valence-electron chi connectivity index (χ0n) is 23.0. The Bertz CT molecular complexity index is 1210. The van der Waals surface area contributed by atoms with E-state index in [0.29, 0.717) is 49.0 Å². The van der Waals surface area contributed by atoms with Crippen LogP contribution in [0.25, 0.3) is 10.8 Å². The van der Waals surface area contributed by atoms with Crippen molar-refractivity contribution in [1.82, 2.24) is 0 Å². The van der Waals surface area contributed by atoms with Crippen LogP contribution in [0.15, 0.2) is 48.5 Å². The second-order valence-corrected chi connectivity index (χ2v) is 10.3. The summed E-state index contributed by atoms with van der Waals surface area (Å²) in [4.78, 5) is 0. The highest BCUT2D eigenvalue weighted by atomic mass is 19.3. The fourth-order valence-corrected chi connectivity index (χ4v) is 4.93. The molecule has 1 aliphatic heterocycles. The molecule has 0 atom stereocenters. The van der Waals surface area contributed by atoms with Crippen LogP contribution in [0, 0.1) is 11.6 Å². The van der Waals surface area contributed by atoms with Crippen LogP contribution in [0.1, 0.15) is 62.1 Å². The quantitative estimate of drug-likeness (QED) is 0.138. The number of rotatable bonds is 15. The van der Waals surface area contributed by atoms with E-state index < -0.39 is 18.2 Å². The summed E-state index contributed by atoms with van der Waals surface area (Å²) in [5.41, 5.74) is 2.15. The van der Waals surface area contributed by atoms with E-state index in [-0.39, 0.29) is 18.2 Å². The van der Waals surface area contributed by atoms with E-state index in [1.54, 1.807) is 12.1 Å². The zero-order chi connectivity index (χ0) is 28.3. The molecule has 0 amide bonds. The summed E-state index contributed by atoms with van der Waals surface area (Å²) in [6.45, 7) is 0.921. The maximum Gasteiger partial charge on any atom is 0.387 e. The third-order valence-electron chi connectivity index (χ3n) is 7.20. The van der Waals surface area contributed by atoms with Gasteiger partial charge in [-0.3, -0.25) is 0 Å². The molecule has 1 saturated heterocycles. The second kappa shape index (κ2) is 15.4. The third-order valence-corrected chi connectivity index (χ3v) is 7.20. The SMILES string of the molecule is CCCCCCCOC1COC(CCc2ccc3c(F)c(CCc4ccc(OC(F)F)c(F)c4)ccc3c2)OC1. The number of halogens is 4. The van der Waals surface area contributed by atoms with E-state index in [1.807, 2.05) is 18.2 Å². The number of fused-ring (bicyclic) bond motifs is 1. The highest BCUT2D eigenvalue weighted by molar-refractivity contribution is 5.84. The van der Waals surface area contributed by atoms with Gasteiger partial charge in [-0.25, -0.2) is 8.78 Å². The number of alkyl halides is 2. The number of hydrogen-bond acceptors (Lipinski definition) is 4. The molecule has 0 bridgehead atoms. The van der Waals surface area contributed by atoms with Gasteiger partial charge in [0.2, 0.25) is 0 Å². The monoisotopic (exact) mass is 562 g/mol. The van der Waals surface area contributed by atoms with E-state index in [9.17, 15) is 13.2 Å². The molecule has 0 spiro atoms. The average molecular weight is 563 g/mol. The van der Waals surface area contributed by atoms with E-state index in [1.165, 1.54) is 37.8 Å². The molecular weight excluding hydrogens is 524 g/mol. The molecule has 3 aromatic carbocycles. The maximum absolute atomic E-state index is 15.2. The van der Waals surface area contributed by atoms with Crippen LogP contribution in [0.5, 0.6) is 5.75 Å². The molecule has 1 heterocycles. The topological polar surface area (TPSA) is 36.9 Å². The molecule has 0 N–H and O–H groups in total. The van der Waals surface area contributed by atoms with Crippen LogP contribution < -0.4 is 4.74 Å². The van der Waals surface area contributed by atoms with Crippen molar-refractivity contribution >= 4 is 10.8 Å². The molecule has 0 aromatic heterocycles. The Kier molecular flexibility index (Phi) is 11.6. The van der Waals surface area contributed by atoms with Crippen molar-refractivity contribution in [3.05, 3.63) is 76.9 Å². The first-order valence-corrected chi connectivity index (χ1v) is 14.2. The second-order valence-electron chi connectivity index (χ2n) is 10.3. The van der Waals surface area contributed by atoms with E-state index >= 15 is 4.39 Å². The molecule has 4 rings (SSSR count). The fourth-order valence-electron chi connectivity index (χ4n) is 4.93. The molecule has 8 heteroatoms. The van der Waals surface area contributed by atoms with Gasteiger partial charge in [0.1, 0.15) is 11.9 Å². The summed E-state index contributed by atoms with van der Waals surface area (Å²) in [6.07, 6.45) is 7.88. The first-order valence-electron chi connectivity index (χ1n) is 14.2. The van der Waals surface area contributed by atoms with E-state index in [0.717, 1.165) is 36.5 Å². The smallest absolute Gasteiger partial charge is 0.387 e. The Morgan fingerprint density at radius 2 is 1.60 bits per heavy atom. The minimum absolute atomic E-state index is 0.0156. The van der Waals surface area contributed by atoms with Gasteiger partial charge in [-0.1, -0.05) is 69.0 Å². The Hall–Kier alpha value is -2.68. The lowest BCUT2D eigenvalue weighted by atomic mass is 9.98. The summed E-state index contributed by atoms with van der Waals surface area (Å²) in [6, 6.07) is 13.1. The van der Waals surface area contributed by atoms with Crippen molar-refractivity contribution in [2.24, 2.45) is 0 Å². The van der Waals surface area contributed by atoms with Gasteiger partial charge in [0.15, 0.2) is 17.9 Å². The normalized spacial score (nSPS) is 17.6. The van der Waals surface area contributed by atoms with Gasteiger partial charge in [-0.2, -0.15) is 8.78 Å². The summed E-state index contributed by atoms with van der Waals surface area (Å²) in [5.74, 6) is -1.68. The van der Waals surface area contributed by atoms with Crippen molar-refractivity contribution in [1.29, 1.82) is 0 Å². The molecule has 0 radical (unpaired) electrons. The number of ether oxygens (including phenoxy) is 4. The minimum atomic E-state index is -3.09. The molecular formula is C32H38F4O4. The Balaban J connectivity index is 1.23.